The number of hydrogen-bond acceptors (Lipinski definition) is 5. The van der Waals surface area contributed by atoms with Crippen LogP contribution in [0.2, 0.25) is 0 Å². The Morgan fingerprint density at radius 3 is 2.64 bits per heavy atom. The van der Waals surface area contributed by atoms with E-state index in [1.165, 1.54) is 23.1 Å². The number of Topliss-reactive ketones (excluding diaryl/α,β-unsaturated/α-hetero) is 1. The zero-order valence-corrected chi connectivity index (χ0v) is 18.6. The molecule has 0 saturated heterocycles. The second kappa shape index (κ2) is 8.09. The second-order valence-corrected chi connectivity index (χ2v) is 8.95. The van der Waals surface area contributed by atoms with Gasteiger partial charge >= 0.3 is 0 Å². The van der Waals surface area contributed by atoms with Crippen LogP contribution in [-0.2, 0) is 13.1 Å². The smallest absolute Gasteiger partial charge is 0.263 e. The van der Waals surface area contributed by atoms with Gasteiger partial charge < -0.3 is 4.57 Å². The zero-order valence-electron chi connectivity index (χ0n) is 17.0. The molecule has 3 rings (SSSR count). The van der Waals surface area contributed by atoms with Gasteiger partial charge in [-0.3, -0.25) is 14.2 Å². The first kappa shape index (κ1) is 20.6. The Hall–Kier alpha value is -2.12. The zero-order chi connectivity index (χ0) is 20.6. The molecule has 0 saturated carbocycles. The minimum absolute atomic E-state index is 0.0199. The maximum absolute atomic E-state index is 12.9. The van der Waals surface area contributed by atoms with Crippen molar-refractivity contribution in [2.24, 2.45) is 0 Å². The molecular formula is C21H25N3O2S2. The lowest BCUT2D eigenvalue weighted by molar-refractivity contribution is 0.102. The molecule has 148 valence electrons. The predicted octanol–water partition coefficient (Wildman–Crippen LogP) is 4.67. The third-order valence-corrected chi connectivity index (χ3v) is 7.17. The summed E-state index contributed by atoms with van der Waals surface area (Å²) in [5, 5.41) is 1.31. The molecule has 0 aliphatic carbocycles. The summed E-state index contributed by atoms with van der Waals surface area (Å²) in [5.74, 6) is 0.295. The van der Waals surface area contributed by atoms with E-state index in [0.29, 0.717) is 23.6 Å². The van der Waals surface area contributed by atoms with E-state index in [4.69, 9.17) is 4.98 Å². The average molecular weight is 416 g/mol. The molecule has 0 amide bonds. The summed E-state index contributed by atoms with van der Waals surface area (Å²) >= 11 is 2.87. The van der Waals surface area contributed by atoms with Crippen LogP contribution in [0.4, 0.5) is 0 Å². The van der Waals surface area contributed by atoms with Crippen molar-refractivity contribution >= 4 is 39.1 Å². The van der Waals surface area contributed by atoms with Gasteiger partial charge in [0.05, 0.1) is 11.1 Å². The fourth-order valence-corrected chi connectivity index (χ4v) is 5.42. The molecule has 7 heteroatoms. The average Bonchev–Trinajstić information content (AvgIpc) is 3.10. The molecule has 0 aromatic carbocycles. The molecule has 0 aliphatic heterocycles. The molecule has 0 spiro atoms. The van der Waals surface area contributed by atoms with Crippen molar-refractivity contribution in [3.8, 4) is 0 Å². The fraction of sp³-hybridized carbons (Fsp3) is 0.381. The topological polar surface area (TPSA) is 56.9 Å². The standard InChI is InChI=1S/C21H25N3O2S2/c1-7-9-24-12(3)10-16(14(24)5)17(25)11-27-21-22-19-18(13(4)15(6)28-19)20(26)23(21)8-2/h7,10H,1,8-9,11H2,2-6H3. The monoisotopic (exact) mass is 415 g/mol. The molecule has 3 aromatic heterocycles. The molecule has 28 heavy (non-hydrogen) atoms. The summed E-state index contributed by atoms with van der Waals surface area (Å²) in [7, 11) is 0. The van der Waals surface area contributed by atoms with Crippen LogP contribution < -0.4 is 5.56 Å². The summed E-state index contributed by atoms with van der Waals surface area (Å²) in [6.45, 7) is 14.8. The van der Waals surface area contributed by atoms with Crippen LogP contribution in [0.15, 0.2) is 28.7 Å². The number of aryl methyl sites for hydroxylation is 3. The molecule has 0 atom stereocenters. The Labute approximate surface area is 173 Å². The number of hydrogen-bond donors (Lipinski definition) is 0. The lowest BCUT2D eigenvalue weighted by Gasteiger charge is -2.10. The summed E-state index contributed by atoms with van der Waals surface area (Å²) < 4.78 is 3.74. The third-order valence-electron chi connectivity index (χ3n) is 5.09. The molecule has 0 radical (unpaired) electrons. The van der Waals surface area contributed by atoms with Gasteiger partial charge in [0, 0.05) is 34.9 Å². The van der Waals surface area contributed by atoms with Crippen molar-refractivity contribution in [2.45, 2.75) is 52.9 Å². The van der Waals surface area contributed by atoms with Crippen molar-refractivity contribution < 1.29 is 4.79 Å². The summed E-state index contributed by atoms with van der Waals surface area (Å²) in [6.07, 6.45) is 1.83. The highest BCUT2D eigenvalue weighted by molar-refractivity contribution is 7.99. The first-order valence-corrected chi connectivity index (χ1v) is 11.0. The number of carbonyl (C=O) groups is 1. The van der Waals surface area contributed by atoms with E-state index in [1.54, 1.807) is 4.57 Å². The van der Waals surface area contributed by atoms with Crippen molar-refractivity contribution in [3.63, 3.8) is 0 Å². The Morgan fingerprint density at radius 2 is 2.00 bits per heavy atom. The summed E-state index contributed by atoms with van der Waals surface area (Å²) in [5.41, 5.74) is 3.70. The van der Waals surface area contributed by atoms with E-state index < -0.39 is 0 Å². The number of rotatable bonds is 7. The first-order chi connectivity index (χ1) is 13.3. The number of thiophene rings is 1. The van der Waals surface area contributed by atoms with Gasteiger partial charge in [-0.1, -0.05) is 17.8 Å². The summed E-state index contributed by atoms with van der Waals surface area (Å²) in [6, 6.07) is 1.93. The molecule has 3 heterocycles. The molecule has 5 nitrogen and oxygen atoms in total. The Morgan fingerprint density at radius 1 is 1.29 bits per heavy atom. The van der Waals surface area contributed by atoms with Crippen molar-refractivity contribution in [2.75, 3.05) is 5.75 Å². The normalized spacial score (nSPS) is 11.3. The van der Waals surface area contributed by atoms with Gasteiger partial charge in [0.1, 0.15) is 4.83 Å². The Bertz CT molecular complexity index is 1140. The maximum atomic E-state index is 12.9. The molecule has 3 aromatic rings. The van der Waals surface area contributed by atoms with E-state index in [9.17, 15) is 9.59 Å². The van der Waals surface area contributed by atoms with Gasteiger partial charge in [-0.2, -0.15) is 0 Å². The maximum Gasteiger partial charge on any atom is 0.263 e. The van der Waals surface area contributed by atoms with Gasteiger partial charge in [0.2, 0.25) is 0 Å². The van der Waals surface area contributed by atoms with Crippen LogP contribution in [-0.4, -0.2) is 25.7 Å². The minimum atomic E-state index is -0.0199. The number of ketones is 1. The highest BCUT2D eigenvalue weighted by Gasteiger charge is 2.19. The molecular weight excluding hydrogens is 390 g/mol. The highest BCUT2D eigenvalue weighted by atomic mass is 32.2. The van der Waals surface area contributed by atoms with Crippen LogP contribution in [0.5, 0.6) is 0 Å². The lowest BCUT2D eigenvalue weighted by atomic mass is 10.2. The van der Waals surface area contributed by atoms with Crippen LogP contribution in [0.3, 0.4) is 0 Å². The second-order valence-electron chi connectivity index (χ2n) is 6.80. The number of thioether (sulfide) groups is 1. The van der Waals surface area contributed by atoms with Crippen molar-refractivity contribution in [1.82, 2.24) is 14.1 Å². The molecule has 0 unspecified atom stereocenters. The number of nitrogens with zero attached hydrogens (tertiary/aromatic N) is 3. The Balaban J connectivity index is 1.92. The Kier molecular flexibility index (Phi) is 5.95. The van der Waals surface area contributed by atoms with Crippen LogP contribution in [0.1, 0.15) is 39.1 Å². The van der Waals surface area contributed by atoms with Crippen LogP contribution in [0, 0.1) is 27.7 Å². The molecule has 0 fully saturated rings. The molecule has 0 aliphatic rings. The minimum Gasteiger partial charge on any atom is -0.345 e. The third kappa shape index (κ3) is 3.49. The fourth-order valence-electron chi connectivity index (χ4n) is 3.40. The number of aromatic nitrogens is 3. The predicted molar refractivity (Wildman–Crippen MR) is 118 cm³/mol. The van der Waals surface area contributed by atoms with Gasteiger partial charge in [-0.15, -0.1) is 17.9 Å². The van der Waals surface area contributed by atoms with Gasteiger partial charge in [0.15, 0.2) is 10.9 Å². The first-order valence-electron chi connectivity index (χ1n) is 9.24. The summed E-state index contributed by atoms with van der Waals surface area (Å²) in [4.78, 5) is 32.3. The molecule has 0 N–H and O–H groups in total. The van der Waals surface area contributed by atoms with Gasteiger partial charge in [-0.05, 0) is 46.2 Å². The lowest BCUT2D eigenvalue weighted by Crippen LogP contribution is -2.22. The van der Waals surface area contributed by atoms with E-state index in [-0.39, 0.29) is 17.1 Å². The van der Waals surface area contributed by atoms with E-state index >= 15 is 0 Å². The van der Waals surface area contributed by atoms with Crippen LogP contribution >= 0.6 is 23.1 Å². The SMILES string of the molecule is C=CCn1c(C)cc(C(=O)CSc2nc3sc(C)c(C)c3c(=O)n2CC)c1C. The largest absolute Gasteiger partial charge is 0.345 e. The van der Waals surface area contributed by atoms with Gasteiger partial charge in [-0.25, -0.2) is 4.98 Å². The number of fused-ring (bicyclic) bond motifs is 1. The van der Waals surface area contributed by atoms with Crippen LogP contribution in [0.25, 0.3) is 10.2 Å². The van der Waals surface area contributed by atoms with E-state index in [2.05, 4.69) is 11.1 Å². The highest BCUT2D eigenvalue weighted by Crippen LogP contribution is 2.29. The number of carbonyl (C=O) groups excluding carboxylic acids is 1. The molecule has 0 bridgehead atoms. The quantitative estimate of drug-likeness (QED) is 0.243. The number of allylic oxidation sites excluding steroid dienone is 1. The van der Waals surface area contributed by atoms with Crippen molar-refractivity contribution in [1.29, 1.82) is 0 Å². The van der Waals surface area contributed by atoms with Gasteiger partial charge in [0.25, 0.3) is 5.56 Å². The van der Waals surface area contributed by atoms with Crippen molar-refractivity contribution in [3.05, 3.63) is 56.5 Å². The van der Waals surface area contributed by atoms with E-state index in [1.807, 2.05) is 46.8 Å². The van der Waals surface area contributed by atoms with E-state index in [0.717, 1.165) is 32.2 Å².